The van der Waals surface area contributed by atoms with E-state index in [1.807, 2.05) is 48.0 Å². The fourth-order valence-electron chi connectivity index (χ4n) is 3.11. The van der Waals surface area contributed by atoms with Gasteiger partial charge < -0.3 is 14.6 Å². The molecular formula is C19H17N3O3. The van der Waals surface area contributed by atoms with E-state index in [0.29, 0.717) is 12.0 Å². The molecule has 1 atom stereocenters. The molecule has 1 amide bonds. The predicted molar refractivity (Wildman–Crippen MR) is 91.9 cm³/mol. The molecule has 1 aliphatic heterocycles. The first-order valence-electron chi connectivity index (χ1n) is 8.10. The van der Waals surface area contributed by atoms with Crippen LogP contribution in [0, 0.1) is 0 Å². The molecule has 0 saturated carbocycles. The van der Waals surface area contributed by atoms with Gasteiger partial charge >= 0.3 is 5.97 Å². The van der Waals surface area contributed by atoms with Gasteiger partial charge in [0.05, 0.1) is 23.1 Å². The lowest BCUT2D eigenvalue weighted by Gasteiger charge is -2.23. The highest BCUT2D eigenvalue weighted by atomic mass is 16.5. The lowest BCUT2D eigenvalue weighted by Crippen LogP contribution is -2.41. The molecule has 25 heavy (non-hydrogen) atoms. The minimum atomic E-state index is -0.808. The van der Waals surface area contributed by atoms with Crippen LogP contribution in [0.25, 0.3) is 11.0 Å². The van der Waals surface area contributed by atoms with Crippen LogP contribution in [0.15, 0.2) is 48.5 Å². The van der Waals surface area contributed by atoms with Gasteiger partial charge in [-0.1, -0.05) is 30.3 Å². The van der Waals surface area contributed by atoms with E-state index in [-0.39, 0.29) is 12.5 Å². The molecule has 0 saturated heterocycles. The number of rotatable bonds is 3. The summed E-state index contributed by atoms with van der Waals surface area (Å²) in [6.07, 6.45) is -0.423. The van der Waals surface area contributed by atoms with E-state index in [2.05, 4.69) is 10.3 Å². The average Bonchev–Trinajstić information content (AvgIpc) is 2.96. The number of benzene rings is 2. The van der Waals surface area contributed by atoms with E-state index >= 15 is 0 Å². The van der Waals surface area contributed by atoms with Crippen LogP contribution in [0.5, 0.6) is 0 Å². The van der Waals surface area contributed by atoms with Gasteiger partial charge in [-0.3, -0.25) is 4.79 Å². The SMILES string of the molecule is Cn1c(CNC(=O)[C@@H]2Cc3ccccc3C(=O)O2)nc2ccccc21. The van der Waals surface area contributed by atoms with Crippen LogP contribution >= 0.6 is 0 Å². The first-order valence-corrected chi connectivity index (χ1v) is 8.10. The molecule has 0 radical (unpaired) electrons. The molecule has 1 aromatic heterocycles. The second kappa shape index (κ2) is 6.05. The lowest BCUT2D eigenvalue weighted by molar-refractivity contribution is -0.130. The Morgan fingerprint density at radius 3 is 2.84 bits per heavy atom. The van der Waals surface area contributed by atoms with Gasteiger partial charge in [0.2, 0.25) is 0 Å². The first kappa shape index (κ1) is 15.4. The van der Waals surface area contributed by atoms with Crippen LogP contribution in [-0.4, -0.2) is 27.5 Å². The fourth-order valence-corrected chi connectivity index (χ4v) is 3.11. The van der Waals surface area contributed by atoms with Crippen molar-refractivity contribution in [1.82, 2.24) is 14.9 Å². The number of aryl methyl sites for hydroxylation is 1. The predicted octanol–water partition coefficient (Wildman–Crippen LogP) is 1.97. The second-order valence-electron chi connectivity index (χ2n) is 6.05. The van der Waals surface area contributed by atoms with E-state index in [9.17, 15) is 9.59 Å². The number of esters is 1. The summed E-state index contributed by atoms with van der Waals surface area (Å²) < 4.78 is 7.22. The van der Waals surface area contributed by atoms with Crippen LogP contribution in [0.4, 0.5) is 0 Å². The summed E-state index contributed by atoms with van der Waals surface area (Å²) in [5.74, 6) is -0.0169. The summed E-state index contributed by atoms with van der Waals surface area (Å²) in [7, 11) is 1.91. The third-order valence-corrected chi connectivity index (χ3v) is 4.48. The molecule has 6 heteroatoms. The second-order valence-corrected chi connectivity index (χ2v) is 6.05. The molecule has 0 aliphatic carbocycles. The molecule has 4 rings (SSSR count). The number of nitrogens with one attached hydrogen (secondary N) is 1. The summed E-state index contributed by atoms with van der Waals surface area (Å²) in [6, 6.07) is 15.0. The standard InChI is InChI=1S/C19H17N3O3/c1-22-15-9-5-4-8-14(15)21-17(22)11-20-18(23)16-10-12-6-2-3-7-13(12)19(24)25-16/h2-9,16H,10-11H2,1H3,(H,20,23)/t16-/m0/s1. The Labute approximate surface area is 144 Å². The number of para-hydroxylation sites is 2. The maximum Gasteiger partial charge on any atom is 0.339 e. The van der Waals surface area contributed by atoms with Gasteiger partial charge in [0, 0.05) is 13.5 Å². The molecule has 2 heterocycles. The van der Waals surface area contributed by atoms with Crippen LogP contribution in [0.1, 0.15) is 21.7 Å². The smallest absolute Gasteiger partial charge is 0.339 e. The number of nitrogens with zero attached hydrogens (tertiary/aromatic N) is 2. The number of ether oxygens (including phenoxy) is 1. The highest BCUT2D eigenvalue weighted by Crippen LogP contribution is 2.20. The molecule has 3 aromatic rings. The third kappa shape index (κ3) is 2.76. The highest BCUT2D eigenvalue weighted by molar-refractivity contribution is 5.95. The molecule has 0 bridgehead atoms. The maximum atomic E-state index is 12.4. The van der Waals surface area contributed by atoms with E-state index in [1.165, 1.54) is 0 Å². The number of cyclic esters (lactones) is 1. The highest BCUT2D eigenvalue weighted by Gasteiger charge is 2.31. The third-order valence-electron chi connectivity index (χ3n) is 4.48. The topological polar surface area (TPSA) is 73.2 Å². The minimum Gasteiger partial charge on any atom is -0.448 e. The molecular weight excluding hydrogens is 318 g/mol. The van der Waals surface area contributed by atoms with Crippen molar-refractivity contribution in [3.63, 3.8) is 0 Å². The number of fused-ring (bicyclic) bond motifs is 2. The van der Waals surface area contributed by atoms with Gasteiger partial charge in [0.1, 0.15) is 5.82 Å². The van der Waals surface area contributed by atoms with Crippen molar-refractivity contribution in [3.8, 4) is 0 Å². The Kier molecular flexibility index (Phi) is 3.72. The minimum absolute atomic E-state index is 0.277. The van der Waals surface area contributed by atoms with Crippen molar-refractivity contribution in [2.45, 2.75) is 19.1 Å². The number of carbonyl (C=O) groups is 2. The summed E-state index contributed by atoms with van der Waals surface area (Å²) in [5.41, 5.74) is 3.25. The van der Waals surface area contributed by atoms with E-state index in [4.69, 9.17) is 4.74 Å². The Morgan fingerprint density at radius 2 is 2.00 bits per heavy atom. The zero-order valence-corrected chi connectivity index (χ0v) is 13.7. The summed E-state index contributed by atoms with van der Waals surface area (Å²) in [6.45, 7) is 0.277. The van der Waals surface area contributed by atoms with Crippen molar-refractivity contribution in [3.05, 3.63) is 65.5 Å². The number of imidazole rings is 1. The number of hydrogen-bond donors (Lipinski definition) is 1. The van der Waals surface area contributed by atoms with Gasteiger partial charge in [0.25, 0.3) is 5.91 Å². The van der Waals surface area contributed by atoms with Gasteiger partial charge in [-0.25, -0.2) is 9.78 Å². The molecule has 126 valence electrons. The normalized spacial score (nSPS) is 16.4. The molecule has 0 fully saturated rings. The number of hydrogen-bond acceptors (Lipinski definition) is 4. The van der Waals surface area contributed by atoms with Gasteiger partial charge in [0.15, 0.2) is 6.10 Å². The van der Waals surface area contributed by atoms with Crippen molar-refractivity contribution >= 4 is 22.9 Å². The maximum absolute atomic E-state index is 12.4. The van der Waals surface area contributed by atoms with Crippen molar-refractivity contribution in [2.24, 2.45) is 7.05 Å². The number of amides is 1. The monoisotopic (exact) mass is 335 g/mol. The number of aromatic nitrogens is 2. The number of carbonyl (C=O) groups excluding carboxylic acids is 2. The average molecular weight is 335 g/mol. The van der Waals surface area contributed by atoms with Crippen LogP contribution in [-0.2, 0) is 29.5 Å². The van der Waals surface area contributed by atoms with Gasteiger partial charge in [-0.05, 0) is 23.8 Å². The molecule has 1 aliphatic rings. The Hall–Kier alpha value is -3.15. The first-order chi connectivity index (χ1) is 12.1. The Morgan fingerprint density at radius 1 is 1.24 bits per heavy atom. The van der Waals surface area contributed by atoms with Gasteiger partial charge in [-0.2, -0.15) is 0 Å². The van der Waals surface area contributed by atoms with Crippen LogP contribution in [0.3, 0.4) is 0 Å². The molecule has 2 aromatic carbocycles. The molecule has 0 spiro atoms. The fraction of sp³-hybridized carbons (Fsp3) is 0.211. The Balaban J connectivity index is 1.47. The summed E-state index contributed by atoms with van der Waals surface area (Å²) >= 11 is 0. The quantitative estimate of drug-likeness (QED) is 0.743. The molecule has 1 N–H and O–H groups in total. The van der Waals surface area contributed by atoms with E-state index < -0.39 is 12.1 Å². The zero-order chi connectivity index (χ0) is 17.4. The van der Waals surface area contributed by atoms with Crippen LogP contribution < -0.4 is 5.32 Å². The zero-order valence-electron chi connectivity index (χ0n) is 13.7. The van der Waals surface area contributed by atoms with Crippen molar-refractivity contribution in [1.29, 1.82) is 0 Å². The largest absolute Gasteiger partial charge is 0.448 e. The van der Waals surface area contributed by atoms with Crippen LogP contribution in [0.2, 0.25) is 0 Å². The van der Waals surface area contributed by atoms with Crippen molar-refractivity contribution in [2.75, 3.05) is 0 Å². The van der Waals surface area contributed by atoms with E-state index in [0.717, 1.165) is 22.4 Å². The molecule has 0 unspecified atom stereocenters. The summed E-state index contributed by atoms with van der Waals surface area (Å²) in [5, 5.41) is 2.82. The Bertz CT molecular complexity index is 977. The lowest BCUT2D eigenvalue weighted by atomic mass is 9.98. The summed E-state index contributed by atoms with van der Waals surface area (Å²) in [4.78, 5) is 29.0. The van der Waals surface area contributed by atoms with E-state index in [1.54, 1.807) is 12.1 Å². The van der Waals surface area contributed by atoms with Gasteiger partial charge in [-0.15, -0.1) is 0 Å². The van der Waals surface area contributed by atoms with Crippen molar-refractivity contribution < 1.29 is 14.3 Å². The molecule has 6 nitrogen and oxygen atoms in total.